The van der Waals surface area contributed by atoms with Gasteiger partial charge in [0.1, 0.15) is 0 Å². The summed E-state index contributed by atoms with van der Waals surface area (Å²) in [6.07, 6.45) is 7.98. The SMILES string of the molecule is CC(C)(O)/C(S)=C/N=C[S-](=O)=NC(=O)Cc1c2c(cc3c1CCC3)CCC2. The van der Waals surface area contributed by atoms with E-state index in [0.717, 1.165) is 49.6 Å². The maximum Gasteiger partial charge on any atom is 0.227 e. The van der Waals surface area contributed by atoms with E-state index in [2.05, 4.69) is 28.1 Å². The van der Waals surface area contributed by atoms with Crippen molar-refractivity contribution in [3.8, 4) is 0 Å². The van der Waals surface area contributed by atoms with Gasteiger partial charge in [0.15, 0.2) is 0 Å². The molecule has 1 amide bonds. The maximum atomic E-state index is 12.4. The molecule has 0 fully saturated rings. The van der Waals surface area contributed by atoms with Crippen LogP contribution in [0.3, 0.4) is 0 Å². The molecule has 0 radical (unpaired) electrons. The van der Waals surface area contributed by atoms with Gasteiger partial charge in [0.05, 0.1) is 12.0 Å². The molecule has 1 aromatic carbocycles. The highest BCUT2D eigenvalue weighted by Gasteiger charge is 2.24. The molecule has 1 aromatic rings. The zero-order valence-corrected chi connectivity index (χ0v) is 17.4. The average molecular weight is 406 g/mol. The predicted molar refractivity (Wildman–Crippen MR) is 112 cm³/mol. The Hall–Kier alpha value is -1.44. The summed E-state index contributed by atoms with van der Waals surface area (Å²) in [6.45, 7) is 3.14. The molecule has 0 unspecified atom stereocenters. The van der Waals surface area contributed by atoms with Crippen molar-refractivity contribution < 1.29 is 14.1 Å². The number of carbonyl (C=O) groups excluding carboxylic acids is 1. The summed E-state index contributed by atoms with van der Waals surface area (Å²) in [6, 6.07) is 2.32. The minimum Gasteiger partial charge on any atom is -0.439 e. The summed E-state index contributed by atoms with van der Waals surface area (Å²) in [4.78, 5) is 16.6. The Balaban J connectivity index is 1.75. The van der Waals surface area contributed by atoms with Gasteiger partial charge in [0.25, 0.3) is 0 Å². The molecule has 146 valence electrons. The molecule has 0 aliphatic heterocycles. The summed E-state index contributed by atoms with van der Waals surface area (Å²) in [7, 11) is -1.84. The largest absolute Gasteiger partial charge is 0.439 e. The van der Waals surface area contributed by atoms with Crippen LogP contribution in [0.5, 0.6) is 0 Å². The third-order valence-electron chi connectivity index (χ3n) is 5.09. The first-order valence-corrected chi connectivity index (χ1v) is 10.8. The Morgan fingerprint density at radius 3 is 2.37 bits per heavy atom. The van der Waals surface area contributed by atoms with Gasteiger partial charge in [-0.25, -0.2) is 0 Å². The summed E-state index contributed by atoms with van der Waals surface area (Å²) >= 11 is 4.12. The second-order valence-electron chi connectivity index (χ2n) is 7.60. The van der Waals surface area contributed by atoms with Gasteiger partial charge in [0, 0.05) is 11.1 Å². The van der Waals surface area contributed by atoms with Crippen LogP contribution >= 0.6 is 12.6 Å². The third-order valence-corrected chi connectivity index (χ3v) is 6.44. The second kappa shape index (κ2) is 8.29. The van der Waals surface area contributed by atoms with E-state index in [4.69, 9.17) is 0 Å². The summed E-state index contributed by atoms with van der Waals surface area (Å²) < 4.78 is 15.7. The molecule has 27 heavy (non-hydrogen) atoms. The molecule has 7 heteroatoms. The van der Waals surface area contributed by atoms with Crippen molar-refractivity contribution in [2.24, 2.45) is 9.36 Å². The zero-order valence-electron chi connectivity index (χ0n) is 15.7. The number of benzene rings is 1. The molecule has 2 aliphatic rings. The first-order chi connectivity index (χ1) is 12.8. The maximum absolute atomic E-state index is 12.4. The molecule has 0 aromatic heterocycles. The van der Waals surface area contributed by atoms with E-state index in [0.29, 0.717) is 4.91 Å². The molecule has 1 N–H and O–H groups in total. The second-order valence-corrected chi connectivity index (χ2v) is 9.03. The van der Waals surface area contributed by atoms with Crippen molar-refractivity contribution in [3.63, 3.8) is 0 Å². The Morgan fingerprint density at radius 1 is 1.22 bits per heavy atom. The standard InChI is InChI=1S/C20H25N2O3S2/c1-20(2,24)18(26)11-21-12-27(25)22-19(23)10-17-15-7-3-5-13(15)9-14-6-4-8-16(14)17/h9,11-12,24,26H,3-8,10H2,1-2H3/q-1/b18-11-,21-12?. The first-order valence-electron chi connectivity index (χ1n) is 9.21. The van der Waals surface area contributed by atoms with Crippen LogP contribution in [0, 0.1) is 0 Å². The Labute approximate surface area is 167 Å². The number of aliphatic imine (C=N–C) groups is 1. The summed E-state index contributed by atoms with van der Waals surface area (Å²) in [5.74, 6) is -0.383. The van der Waals surface area contributed by atoms with Crippen LogP contribution in [0.1, 0.15) is 54.5 Å². The normalized spacial score (nSPS) is 18.1. The molecule has 0 atom stereocenters. The van der Waals surface area contributed by atoms with Crippen LogP contribution in [-0.4, -0.2) is 22.2 Å². The number of hydrogen-bond donors (Lipinski definition) is 2. The lowest BCUT2D eigenvalue weighted by Gasteiger charge is -2.15. The lowest BCUT2D eigenvalue weighted by atomic mass is 9.92. The van der Waals surface area contributed by atoms with Gasteiger partial charge >= 0.3 is 0 Å². The van der Waals surface area contributed by atoms with Gasteiger partial charge in [-0.05, 0) is 85.7 Å². The summed E-state index contributed by atoms with van der Waals surface area (Å²) in [5.41, 5.74) is 6.46. The molecule has 3 rings (SSSR count). The third kappa shape index (κ3) is 4.89. The van der Waals surface area contributed by atoms with E-state index in [9.17, 15) is 14.1 Å². The van der Waals surface area contributed by atoms with E-state index < -0.39 is 16.2 Å². The smallest absolute Gasteiger partial charge is 0.227 e. The molecule has 2 aliphatic carbocycles. The lowest BCUT2D eigenvalue weighted by Crippen LogP contribution is -2.18. The topological polar surface area (TPSA) is 79.1 Å². The monoisotopic (exact) mass is 405 g/mol. The van der Waals surface area contributed by atoms with Crippen LogP contribution in [-0.2, 0) is 51.7 Å². The Kier molecular flexibility index (Phi) is 6.23. The van der Waals surface area contributed by atoms with Crippen molar-refractivity contribution in [2.75, 3.05) is 0 Å². The molecule has 0 spiro atoms. The quantitative estimate of drug-likeness (QED) is 0.341. The number of rotatable bonds is 5. The van der Waals surface area contributed by atoms with Crippen LogP contribution in [0.2, 0.25) is 0 Å². The minimum absolute atomic E-state index is 0.211. The molecule has 0 heterocycles. The van der Waals surface area contributed by atoms with E-state index in [1.807, 2.05) is 0 Å². The minimum atomic E-state index is -1.84. The number of aryl methyl sites for hydroxylation is 2. The zero-order chi connectivity index (χ0) is 19.6. The van der Waals surface area contributed by atoms with Crippen molar-refractivity contribution in [2.45, 2.75) is 64.4 Å². The fourth-order valence-electron chi connectivity index (χ4n) is 3.77. The van der Waals surface area contributed by atoms with Crippen LogP contribution in [0.15, 0.2) is 26.5 Å². The fraction of sp³-hybridized carbons (Fsp3) is 0.500. The van der Waals surface area contributed by atoms with E-state index in [-0.39, 0.29) is 12.3 Å². The van der Waals surface area contributed by atoms with Crippen molar-refractivity contribution in [1.82, 2.24) is 0 Å². The molecular weight excluding hydrogens is 380 g/mol. The highest BCUT2D eigenvalue weighted by molar-refractivity contribution is 7.89. The number of thiol groups is 1. The van der Waals surface area contributed by atoms with Crippen LogP contribution in [0.25, 0.3) is 0 Å². The number of fused-ring (bicyclic) bond motifs is 2. The van der Waals surface area contributed by atoms with Gasteiger partial charge in [-0.15, -0.1) is 23.2 Å². The number of amides is 1. The molecule has 0 bridgehead atoms. The Morgan fingerprint density at radius 2 is 1.81 bits per heavy atom. The van der Waals surface area contributed by atoms with Gasteiger partial charge < -0.3 is 13.7 Å². The van der Waals surface area contributed by atoms with Crippen molar-refractivity contribution in [1.29, 1.82) is 0 Å². The lowest BCUT2D eigenvalue weighted by molar-refractivity contribution is -0.117. The predicted octanol–water partition coefficient (Wildman–Crippen LogP) is 3.45. The van der Waals surface area contributed by atoms with Crippen molar-refractivity contribution >= 4 is 34.7 Å². The van der Waals surface area contributed by atoms with E-state index >= 15 is 0 Å². The number of hydrogen-bond acceptors (Lipinski definition) is 6. The molecule has 0 saturated carbocycles. The number of nitrogens with zero attached hydrogens (tertiary/aromatic N) is 2. The average Bonchev–Trinajstić information content (AvgIpc) is 3.22. The summed E-state index contributed by atoms with van der Waals surface area (Å²) in [5, 5.41) is 9.74. The highest BCUT2D eigenvalue weighted by Crippen LogP contribution is 2.35. The van der Waals surface area contributed by atoms with Gasteiger partial charge in [-0.3, -0.25) is 9.79 Å². The number of carbonyl (C=O) groups is 1. The van der Waals surface area contributed by atoms with Crippen molar-refractivity contribution in [3.05, 3.63) is 45.0 Å². The highest BCUT2D eigenvalue weighted by atomic mass is 32.2. The molecule has 5 nitrogen and oxygen atoms in total. The van der Waals surface area contributed by atoms with E-state index in [1.165, 1.54) is 28.5 Å². The van der Waals surface area contributed by atoms with Crippen LogP contribution < -0.4 is 0 Å². The van der Waals surface area contributed by atoms with Gasteiger partial charge in [-0.1, -0.05) is 6.07 Å². The number of aliphatic hydroxyl groups is 1. The van der Waals surface area contributed by atoms with Gasteiger partial charge in [0.2, 0.25) is 5.91 Å². The first kappa shape index (κ1) is 20.3. The van der Waals surface area contributed by atoms with Gasteiger partial charge in [-0.2, -0.15) is 0 Å². The Bertz CT molecular complexity index is 873. The fourth-order valence-corrected chi connectivity index (χ4v) is 4.31. The molecule has 0 saturated heterocycles. The van der Waals surface area contributed by atoms with E-state index in [1.54, 1.807) is 13.8 Å². The molecular formula is C20H25N2O3S2-. The van der Waals surface area contributed by atoms with Crippen LogP contribution in [0.4, 0.5) is 0 Å².